The van der Waals surface area contributed by atoms with Gasteiger partial charge < -0.3 is 20.1 Å². The molecule has 1 aliphatic carbocycles. The second-order valence-electron chi connectivity index (χ2n) is 9.36. The predicted molar refractivity (Wildman–Crippen MR) is 148 cm³/mol. The zero-order valence-electron chi connectivity index (χ0n) is 23.1. The maximum Gasteiger partial charge on any atom is 3.00 e. The third-order valence-corrected chi connectivity index (χ3v) is 6.03. The normalized spacial score (nSPS) is 17.3. The van der Waals surface area contributed by atoms with E-state index in [9.17, 15) is 10.2 Å². The Hall–Kier alpha value is -2.06. The SMILES string of the molecule is CC(=N[C@H]1CCCC[C@@H]1N=C(C)c1cc(C)cc(C)c1[O-])c1cc(C)cc(C)c1[O-].CC(=O)[O-].ClCCl.[Co+3]. The van der Waals surface area contributed by atoms with Crippen LogP contribution >= 0.6 is 23.2 Å². The first-order valence-electron chi connectivity index (χ1n) is 12.3. The summed E-state index contributed by atoms with van der Waals surface area (Å²) in [7, 11) is 0. The number of rotatable bonds is 4. The van der Waals surface area contributed by atoms with Crippen LogP contribution in [0.1, 0.15) is 79.8 Å². The molecule has 9 heteroatoms. The van der Waals surface area contributed by atoms with Crippen LogP contribution in [0, 0.1) is 27.7 Å². The number of aryl methyl sites for hydroxylation is 4. The van der Waals surface area contributed by atoms with E-state index in [2.05, 4.69) is 0 Å². The summed E-state index contributed by atoms with van der Waals surface area (Å²) in [5.74, 6) is -0.972. The first-order valence-corrected chi connectivity index (χ1v) is 13.3. The van der Waals surface area contributed by atoms with Gasteiger partial charge in [-0.3, -0.25) is 9.98 Å². The van der Waals surface area contributed by atoms with Crippen molar-refractivity contribution in [2.24, 2.45) is 9.98 Å². The molecule has 0 unspecified atom stereocenters. The van der Waals surface area contributed by atoms with Crippen molar-refractivity contribution in [1.29, 1.82) is 0 Å². The van der Waals surface area contributed by atoms with Crippen LogP contribution in [0.2, 0.25) is 0 Å². The fourth-order valence-electron chi connectivity index (χ4n) is 4.48. The first-order chi connectivity index (χ1) is 17.3. The van der Waals surface area contributed by atoms with E-state index in [4.69, 9.17) is 43.1 Å². The Morgan fingerprint density at radius 1 is 0.789 bits per heavy atom. The first kappa shape index (κ1) is 35.9. The fourth-order valence-corrected chi connectivity index (χ4v) is 4.48. The topological polar surface area (TPSA) is 111 Å². The smallest absolute Gasteiger partial charge is 0.872 e. The molecule has 0 bridgehead atoms. The summed E-state index contributed by atoms with van der Waals surface area (Å²) in [6.45, 7) is 12.5. The molecule has 0 amide bonds. The Bertz CT molecular complexity index is 1050. The Labute approximate surface area is 247 Å². The van der Waals surface area contributed by atoms with Crippen LogP contribution in [0.15, 0.2) is 34.3 Å². The standard InChI is InChI=1S/C26H34N2O2.C2H4O2.CH2Cl2.Co/c1-15-11-17(3)25(29)21(13-15)19(5)27-23-9-7-8-10-24(23)28-20(6)22-14-16(2)12-18(4)26(22)30;1-2(3)4;2-1-3;/h11-14,23-24,29-30H,7-10H2,1-6H3;1H3,(H,3,4);1H2;/q;;;+3/p-3/t23-,24-;;;/m0.../s1. The van der Waals surface area contributed by atoms with Crippen LogP contribution in [-0.2, 0) is 21.6 Å². The van der Waals surface area contributed by atoms with Gasteiger partial charge in [0.25, 0.3) is 0 Å². The van der Waals surface area contributed by atoms with Crippen molar-refractivity contribution in [3.63, 3.8) is 0 Å². The van der Waals surface area contributed by atoms with Crippen LogP contribution < -0.4 is 15.3 Å². The van der Waals surface area contributed by atoms with Crippen molar-refractivity contribution < 1.29 is 36.9 Å². The molecule has 0 spiro atoms. The van der Waals surface area contributed by atoms with E-state index < -0.39 is 5.97 Å². The van der Waals surface area contributed by atoms with Gasteiger partial charge in [-0.2, -0.15) is 0 Å². The number of carboxylic acids is 1. The number of alkyl halides is 2. The minimum Gasteiger partial charge on any atom is -0.872 e. The molecule has 2 aromatic carbocycles. The van der Waals surface area contributed by atoms with Gasteiger partial charge in [-0.1, -0.05) is 70.9 Å². The number of carbonyl (C=O) groups excluding carboxylic acids is 1. The number of halogens is 2. The summed E-state index contributed by atoms with van der Waals surface area (Å²) >= 11 is 9.53. The molecule has 0 radical (unpaired) electrons. The summed E-state index contributed by atoms with van der Waals surface area (Å²) < 4.78 is 0. The fraction of sp³-hybridized carbons (Fsp3) is 0.483. The summed E-state index contributed by atoms with van der Waals surface area (Å²) in [6, 6.07) is 7.77. The third-order valence-electron chi connectivity index (χ3n) is 6.03. The molecule has 0 aliphatic heterocycles. The average molecular weight is 607 g/mol. The second kappa shape index (κ2) is 17.5. The monoisotopic (exact) mass is 606 g/mol. The molecule has 0 saturated heterocycles. The summed E-state index contributed by atoms with van der Waals surface area (Å²) in [4.78, 5) is 18.8. The number of hydrogen-bond donors (Lipinski definition) is 0. The van der Waals surface area contributed by atoms with Gasteiger partial charge in [0.2, 0.25) is 0 Å². The number of carbonyl (C=O) groups is 1. The largest absolute Gasteiger partial charge is 3.00 e. The van der Waals surface area contributed by atoms with Crippen molar-refractivity contribution in [2.75, 3.05) is 5.34 Å². The molecule has 1 fully saturated rings. The predicted octanol–water partition coefficient (Wildman–Crippen LogP) is 4.87. The molecule has 2 aromatic rings. The van der Waals surface area contributed by atoms with Gasteiger partial charge in [0.05, 0.1) is 17.4 Å². The van der Waals surface area contributed by atoms with Crippen molar-refractivity contribution in [3.05, 3.63) is 57.6 Å². The average Bonchev–Trinajstić information content (AvgIpc) is 2.80. The molecule has 0 N–H and O–H groups in total. The number of carboxylic acid groups (broad SMARTS) is 1. The molecule has 1 saturated carbocycles. The number of aliphatic carboxylic acids is 1. The Morgan fingerprint density at radius 3 is 1.37 bits per heavy atom. The maximum absolute atomic E-state index is 12.6. The Balaban J connectivity index is 0.00000153. The maximum atomic E-state index is 12.6. The van der Waals surface area contributed by atoms with Crippen LogP contribution in [0.25, 0.3) is 0 Å². The van der Waals surface area contributed by atoms with E-state index in [0.717, 1.165) is 66.3 Å². The van der Waals surface area contributed by atoms with Gasteiger partial charge in [0.15, 0.2) is 0 Å². The molecule has 38 heavy (non-hydrogen) atoms. The van der Waals surface area contributed by atoms with Gasteiger partial charge in [0, 0.05) is 17.4 Å². The number of hydrogen-bond acceptors (Lipinski definition) is 6. The second-order valence-corrected chi connectivity index (χ2v) is 10.2. The molecular formula is C29H37Cl2CoN2O4. The van der Waals surface area contributed by atoms with Crippen molar-refractivity contribution in [2.45, 2.75) is 86.2 Å². The van der Waals surface area contributed by atoms with Crippen LogP contribution in [0.4, 0.5) is 0 Å². The van der Waals surface area contributed by atoms with Gasteiger partial charge >= 0.3 is 16.8 Å². The summed E-state index contributed by atoms with van der Waals surface area (Å²) in [6.07, 6.45) is 4.13. The summed E-state index contributed by atoms with van der Waals surface area (Å²) in [5.41, 5.74) is 6.60. The molecule has 0 aromatic heterocycles. The minimum absolute atomic E-state index is 0. The van der Waals surface area contributed by atoms with Crippen molar-refractivity contribution >= 4 is 40.6 Å². The molecule has 1 aliphatic rings. The van der Waals surface area contributed by atoms with E-state index in [1.165, 1.54) is 0 Å². The molecular weight excluding hydrogens is 570 g/mol. The third kappa shape index (κ3) is 11.4. The molecule has 210 valence electrons. The number of benzene rings is 2. The zero-order valence-corrected chi connectivity index (χ0v) is 25.7. The Morgan fingerprint density at radius 2 is 1.08 bits per heavy atom. The van der Waals surface area contributed by atoms with E-state index in [0.29, 0.717) is 11.1 Å². The molecule has 3 rings (SSSR count). The molecule has 0 heterocycles. The van der Waals surface area contributed by atoms with E-state index >= 15 is 0 Å². The van der Waals surface area contributed by atoms with E-state index in [1.807, 2.05) is 65.8 Å². The van der Waals surface area contributed by atoms with Gasteiger partial charge in [0.1, 0.15) is 0 Å². The quantitative estimate of drug-likeness (QED) is 0.365. The number of nitrogens with zero attached hydrogens (tertiary/aromatic N) is 2. The van der Waals surface area contributed by atoms with Crippen LogP contribution in [0.5, 0.6) is 11.5 Å². The van der Waals surface area contributed by atoms with Crippen molar-refractivity contribution in [3.8, 4) is 11.5 Å². The van der Waals surface area contributed by atoms with Crippen LogP contribution in [-0.4, -0.2) is 34.8 Å². The van der Waals surface area contributed by atoms with Crippen LogP contribution in [0.3, 0.4) is 0 Å². The molecule has 6 nitrogen and oxygen atoms in total. The molecule has 2 atom stereocenters. The minimum atomic E-state index is -1.08. The number of aliphatic imine (C=N–C) groups is 2. The van der Waals surface area contributed by atoms with E-state index in [-0.39, 0.29) is 45.7 Å². The van der Waals surface area contributed by atoms with E-state index in [1.54, 1.807) is 0 Å². The Kier molecular flexibility index (Phi) is 16.6. The van der Waals surface area contributed by atoms with Crippen molar-refractivity contribution in [1.82, 2.24) is 0 Å². The van der Waals surface area contributed by atoms with Gasteiger partial charge in [-0.15, -0.1) is 23.2 Å². The summed E-state index contributed by atoms with van der Waals surface area (Å²) in [5, 5.41) is 34.3. The van der Waals surface area contributed by atoms with Gasteiger partial charge in [-0.25, -0.2) is 0 Å². The van der Waals surface area contributed by atoms with Gasteiger partial charge in [-0.05, 0) is 72.4 Å². The zero-order chi connectivity index (χ0) is 28.3.